The second-order valence-corrected chi connectivity index (χ2v) is 7.40. The molecule has 3 aromatic rings. The number of amides is 1. The number of rotatable bonds is 9. The van der Waals surface area contributed by atoms with Gasteiger partial charge >= 0.3 is 0 Å². The topological polar surface area (TPSA) is 56.8 Å². The second-order valence-electron chi connectivity index (χ2n) is 7.40. The lowest BCUT2D eigenvalue weighted by atomic mass is 10.1. The van der Waals surface area contributed by atoms with Gasteiger partial charge < -0.3 is 19.5 Å². The predicted octanol–water partition coefficient (Wildman–Crippen LogP) is 5.22. The largest absolute Gasteiger partial charge is 0.497 e. The number of aryl methyl sites for hydroxylation is 2. The van der Waals surface area contributed by atoms with E-state index in [-0.39, 0.29) is 5.91 Å². The van der Waals surface area contributed by atoms with Crippen LogP contribution in [0.5, 0.6) is 17.2 Å². The molecule has 3 rings (SSSR count). The Morgan fingerprint density at radius 3 is 2.23 bits per heavy atom. The Hall–Kier alpha value is -3.47. The Kier molecular flexibility index (Phi) is 7.55. The minimum atomic E-state index is -0.147. The molecule has 0 bridgehead atoms. The molecule has 5 nitrogen and oxygen atoms in total. The predicted molar refractivity (Wildman–Crippen MR) is 122 cm³/mol. The van der Waals surface area contributed by atoms with Crippen LogP contribution in [0.15, 0.2) is 60.7 Å². The van der Waals surface area contributed by atoms with E-state index in [1.54, 1.807) is 13.2 Å². The van der Waals surface area contributed by atoms with Gasteiger partial charge in [-0.3, -0.25) is 4.79 Å². The fraction of sp³-hybridized carbons (Fsp3) is 0.269. The maximum Gasteiger partial charge on any atom is 0.251 e. The molecule has 0 saturated carbocycles. The number of ether oxygens (including phenoxy) is 3. The van der Waals surface area contributed by atoms with E-state index in [0.29, 0.717) is 25.3 Å². The molecule has 0 radical (unpaired) electrons. The van der Waals surface area contributed by atoms with E-state index in [1.165, 1.54) is 0 Å². The van der Waals surface area contributed by atoms with Gasteiger partial charge in [-0.2, -0.15) is 0 Å². The summed E-state index contributed by atoms with van der Waals surface area (Å²) in [7, 11) is 1.63. The van der Waals surface area contributed by atoms with Gasteiger partial charge in [-0.25, -0.2) is 0 Å². The molecule has 0 aromatic heterocycles. The molecule has 5 heteroatoms. The molecule has 0 atom stereocenters. The summed E-state index contributed by atoms with van der Waals surface area (Å²) in [6, 6.07) is 19.1. The molecule has 1 amide bonds. The maximum absolute atomic E-state index is 12.7. The highest BCUT2D eigenvalue weighted by Crippen LogP contribution is 2.24. The summed E-state index contributed by atoms with van der Waals surface area (Å²) in [5.74, 6) is 2.16. The van der Waals surface area contributed by atoms with Crippen LogP contribution in [-0.2, 0) is 13.2 Å². The normalized spacial score (nSPS) is 10.5. The molecule has 0 aliphatic rings. The molecule has 3 aromatic carbocycles. The third-order valence-corrected chi connectivity index (χ3v) is 4.82. The summed E-state index contributed by atoms with van der Waals surface area (Å²) in [5.41, 5.74) is 4.69. The first-order valence-electron chi connectivity index (χ1n) is 10.4. The number of hydrogen-bond donors (Lipinski definition) is 1. The van der Waals surface area contributed by atoms with Gasteiger partial charge in [0, 0.05) is 17.7 Å². The highest BCUT2D eigenvalue weighted by atomic mass is 16.5. The standard InChI is InChI=1S/C26H29NO4/c1-5-30-25-11-8-21(26(28)27-16-20-6-9-23(29-4)10-7-20)15-22(25)17-31-24-13-18(2)12-19(3)14-24/h6-15H,5,16-17H2,1-4H3,(H,27,28). The second kappa shape index (κ2) is 10.5. The molecule has 1 N–H and O–H groups in total. The lowest BCUT2D eigenvalue weighted by Crippen LogP contribution is -2.23. The van der Waals surface area contributed by atoms with Crippen LogP contribution in [-0.4, -0.2) is 19.6 Å². The summed E-state index contributed by atoms with van der Waals surface area (Å²) < 4.78 is 16.9. The van der Waals surface area contributed by atoms with Gasteiger partial charge in [-0.1, -0.05) is 18.2 Å². The summed E-state index contributed by atoms with van der Waals surface area (Å²) in [6.45, 7) is 7.31. The van der Waals surface area contributed by atoms with Gasteiger partial charge in [-0.05, 0) is 79.9 Å². The Balaban J connectivity index is 1.70. The Bertz CT molecular complexity index is 1010. The minimum absolute atomic E-state index is 0.147. The highest BCUT2D eigenvalue weighted by molar-refractivity contribution is 5.94. The maximum atomic E-state index is 12.7. The lowest BCUT2D eigenvalue weighted by Gasteiger charge is -2.14. The van der Waals surface area contributed by atoms with Crippen LogP contribution in [0.4, 0.5) is 0 Å². The number of carbonyl (C=O) groups is 1. The minimum Gasteiger partial charge on any atom is -0.497 e. The first kappa shape index (κ1) is 22.2. The molecule has 0 unspecified atom stereocenters. The molecule has 0 aliphatic carbocycles. The van der Waals surface area contributed by atoms with E-state index in [2.05, 4.69) is 11.4 Å². The van der Waals surface area contributed by atoms with Crippen molar-refractivity contribution in [3.63, 3.8) is 0 Å². The van der Waals surface area contributed by atoms with Gasteiger partial charge in [-0.15, -0.1) is 0 Å². The third-order valence-electron chi connectivity index (χ3n) is 4.82. The summed E-state index contributed by atoms with van der Waals surface area (Å²) >= 11 is 0. The van der Waals surface area contributed by atoms with Crippen LogP contribution in [0.3, 0.4) is 0 Å². The highest BCUT2D eigenvalue weighted by Gasteiger charge is 2.12. The smallest absolute Gasteiger partial charge is 0.251 e. The number of carbonyl (C=O) groups excluding carboxylic acids is 1. The van der Waals surface area contributed by atoms with Crippen molar-refractivity contribution in [2.75, 3.05) is 13.7 Å². The first-order chi connectivity index (χ1) is 15.0. The van der Waals surface area contributed by atoms with Crippen molar-refractivity contribution in [3.05, 3.63) is 88.5 Å². The van der Waals surface area contributed by atoms with Gasteiger partial charge in [0.2, 0.25) is 0 Å². The van der Waals surface area contributed by atoms with Crippen LogP contribution in [0.2, 0.25) is 0 Å². The zero-order chi connectivity index (χ0) is 22.2. The van der Waals surface area contributed by atoms with Crippen LogP contribution in [0, 0.1) is 13.8 Å². The van der Waals surface area contributed by atoms with Gasteiger partial charge in [0.1, 0.15) is 23.9 Å². The molecule has 0 aliphatic heterocycles. The van der Waals surface area contributed by atoms with Crippen molar-refractivity contribution in [2.24, 2.45) is 0 Å². The van der Waals surface area contributed by atoms with Gasteiger partial charge in [0.25, 0.3) is 5.91 Å². The van der Waals surface area contributed by atoms with E-state index in [1.807, 2.05) is 69.3 Å². The number of nitrogens with one attached hydrogen (secondary N) is 1. The Morgan fingerprint density at radius 1 is 0.871 bits per heavy atom. The van der Waals surface area contributed by atoms with Crippen molar-refractivity contribution < 1.29 is 19.0 Å². The molecule has 0 fully saturated rings. The first-order valence-corrected chi connectivity index (χ1v) is 10.4. The molecule has 0 spiro atoms. The Labute approximate surface area is 184 Å². The number of methoxy groups -OCH3 is 1. The Morgan fingerprint density at radius 2 is 1.58 bits per heavy atom. The fourth-order valence-electron chi connectivity index (χ4n) is 3.33. The molecule has 0 saturated heterocycles. The van der Waals surface area contributed by atoms with Crippen molar-refractivity contribution in [2.45, 2.75) is 33.9 Å². The van der Waals surface area contributed by atoms with Crippen molar-refractivity contribution >= 4 is 5.91 Å². The average molecular weight is 420 g/mol. The fourth-order valence-corrected chi connectivity index (χ4v) is 3.33. The molecule has 162 valence electrons. The van der Waals surface area contributed by atoms with E-state index in [4.69, 9.17) is 14.2 Å². The molecular weight excluding hydrogens is 390 g/mol. The van der Waals surface area contributed by atoms with E-state index < -0.39 is 0 Å². The van der Waals surface area contributed by atoms with Crippen LogP contribution in [0.25, 0.3) is 0 Å². The van der Waals surface area contributed by atoms with Crippen LogP contribution in [0.1, 0.15) is 39.5 Å². The monoisotopic (exact) mass is 419 g/mol. The SMILES string of the molecule is CCOc1ccc(C(=O)NCc2ccc(OC)cc2)cc1COc1cc(C)cc(C)c1. The zero-order valence-corrected chi connectivity index (χ0v) is 18.5. The van der Waals surface area contributed by atoms with E-state index in [0.717, 1.165) is 39.5 Å². The summed E-state index contributed by atoms with van der Waals surface area (Å²) in [4.78, 5) is 12.7. The molecule has 31 heavy (non-hydrogen) atoms. The molecule has 0 heterocycles. The third kappa shape index (κ3) is 6.25. The van der Waals surface area contributed by atoms with Crippen molar-refractivity contribution in [1.82, 2.24) is 5.32 Å². The van der Waals surface area contributed by atoms with Crippen LogP contribution >= 0.6 is 0 Å². The summed E-state index contributed by atoms with van der Waals surface area (Å²) in [6.07, 6.45) is 0. The van der Waals surface area contributed by atoms with E-state index >= 15 is 0 Å². The quantitative estimate of drug-likeness (QED) is 0.517. The van der Waals surface area contributed by atoms with Crippen molar-refractivity contribution in [3.8, 4) is 17.2 Å². The number of hydrogen-bond acceptors (Lipinski definition) is 4. The zero-order valence-electron chi connectivity index (χ0n) is 18.5. The van der Waals surface area contributed by atoms with Gasteiger partial charge in [0.15, 0.2) is 0 Å². The average Bonchev–Trinajstić information content (AvgIpc) is 2.76. The van der Waals surface area contributed by atoms with Gasteiger partial charge in [0.05, 0.1) is 13.7 Å². The number of benzene rings is 3. The molecular formula is C26H29NO4. The van der Waals surface area contributed by atoms with Crippen molar-refractivity contribution in [1.29, 1.82) is 0 Å². The van der Waals surface area contributed by atoms with E-state index in [9.17, 15) is 4.79 Å². The lowest BCUT2D eigenvalue weighted by molar-refractivity contribution is 0.0950. The van der Waals surface area contributed by atoms with Crippen LogP contribution < -0.4 is 19.5 Å². The summed E-state index contributed by atoms with van der Waals surface area (Å²) in [5, 5.41) is 2.96.